The summed E-state index contributed by atoms with van der Waals surface area (Å²) in [5, 5.41) is 2.46. The second-order valence-corrected chi connectivity index (χ2v) is 7.77. The molecule has 0 bridgehead atoms. The van der Waals surface area contributed by atoms with E-state index in [1.54, 1.807) is 0 Å². The zero-order valence-corrected chi connectivity index (χ0v) is 14.3. The number of pyridine rings is 1. The van der Waals surface area contributed by atoms with Crippen molar-refractivity contribution < 1.29 is 13.2 Å². The van der Waals surface area contributed by atoms with Crippen LogP contribution in [0.4, 0.5) is 18.3 Å². The van der Waals surface area contributed by atoms with Crippen molar-refractivity contribution in [3.8, 4) is 0 Å². The number of aromatic nitrogens is 2. The van der Waals surface area contributed by atoms with Gasteiger partial charge >= 0.3 is 6.18 Å². The standard InChI is InChI=1S/C12H11BrF3N3S2/c1-7(21(2)19-11-18-10(13)6-20-11)8-3-4-9(17-5-8)12(14,15)16/h3-7H,1-2H3. The van der Waals surface area contributed by atoms with Gasteiger partial charge in [-0.1, -0.05) is 16.8 Å². The van der Waals surface area contributed by atoms with Crippen LogP contribution in [0.2, 0.25) is 0 Å². The number of nitrogens with zero attached hydrogens (tertiary/aromatic N) is 3. The maximum Gasteiger partial charge on any atom is 0.433 e. The number of rotatable bonds is 3. The first-order chi connectivity index (χ1) is 9.77. The zero-order valence-electron chi connectivity index (χ0n) is 11.1. The van der Waals surface area contributed by atoms with Crippen molar-refractivity contribution in [3.63, 3.8) is 0 Å². The Morgan fingerprint density at radius 1 is 1.38 bits per heavy atom. The van der Waals surface area contributed by atoms with Crippen LogP contribution in [0.5, 0.6) is 0 Å². The summed E-state index contributed by atoms with van der Waals surface area (Å²) in [6.45, 7) is 1.92. The minimum Gasteiger partial charge on any atom is -0.251 e. The van der Waals surface area contributed by atoms with Crippen LogP contribution in [-0.2, 0) is 16.9 Å². The number of alkyl halides is 3. The van der Waals surface area contributed by atoms with Gasteiger partial charge in [-0.15, -0.1) is 11.3 Å². The van der Waals surface area contributed by atoms with Crippen LogP contribution in [-0.4, -0.2) is 16.2 Å². The maximum absolute atomic E-state index is 12.5. The third kappa shape index (κ3) is 4.33. The Hall–Kier alpha value is -0.800. The van der Waals surface area contributed by atoms with Crippen LogP contribution >= 0.6 is 27.3 Å². The molecule has 0 aliphatic heterocycles. The second kappa shape index (κ2) is 6.53. The molecule has 21 heavy (non-hydrogen) atoms. The smallest absolute Gasteiger partial charge is 0.251 e. The van der Waals surface area contributed by atoms with E-state index in [1.165, 1.54) is 23.6 Å². The topological polar surface area (TPSA) is 38.1 Å². The fourth-order valence-electron chi connectivity index (χ4n) is 1.50. The van der Waals surface area contributed by atoms with E-state index in [0.29, 0.717) is 5.13 Å². The fourth-order valence-corrected chi connectivity index (χ4v) is 3.98. The number of halogens is 4. The Morgan fingerprint density at radius 2 is 2.10 bits per heavy atom. The zero-order chi connectivity index (χ0) is 15.6. The lowest BCUT2D eigenvalue weighted by Gasteiger charge is -2.13. The number of hydrogen-bond acceptors (Lipinski definition) is 4. The minimum atomic E-state index is -4.41. The summed E-state index contributed by atoms with van der Waals surface area (Å²) in [6, 6.07) is 2.46. The molecule has 2 rings (SSSR count). The van der Waals surface area contributed by atoms with Crippen molar-refractivity contribution in [2.75, 3.05) is 6.26 Å². The van der Waals surface area contributed by atoms with Gasteiger partial charge in [0.1, 0.15) is 10.3 Å². The molecule has 0 fully saturated rings. The average molecular weight is 398 g/mol. The van der Waals surface area contributed by atoms with Crippen molar-refractivity contribution in [1.82, 2.24) is 9.97 Å². The molecular weight excluding hydrogens is 387 g/mol. The van der Waals surface area contributed by atoms with Crippen molar-refractivity contribution in [3.05, 3.63) is 39.6 Å². The molecule has 0 radical (unpaired) electrons. The second-order valence-electron chi connectivity index (χ2n) is 4.18. The van der Waals surface area contributed by atoms with Crippen molar-refractivity contribution in [2.24, 2.45) is 4.36 Å². The first kappa shape index (κ1) is 16.6. The molecule has 9 heteroatoms. The molecule has 0 amide bonds. The Bertz CT molecular complexity index is 653. The van der Waals surface area contributed by atoms with E-state index in [2.05, 4.69) is 30.3 Å². The minimum absolute atomic E-state index is 0.0255. The summed E-state index contributed by atoms with van der Waals surface area (Å²) in [4.78, 5) is 7.67. The van der Waals surface area contributed by atoms with Gasteiger partial charge in [-0.25, -0.2) is 4.98 Å². The quantitative estimate of drug-likeness (QED) is 0.718. The van der Waals surface area contributed by atoms with Crippen molar-refractivity contribution in [1.29, 1.82) is 0 Å². The molecule has 0 N–H and O–H groups in total. The lowest BCUT2D eigenvalue weighted by atomic mass is 10.2. The molecule has 0 saturated heterocycles. The van der Waals surface area contributed by atoms with E-state index >= 15 is 0 Å². The Morgan fingerprint density at radius 3 is 2.57 bits per heavy atom. The highest BCUT2D eigenvalue weighted by Crippen LogP contribution is 2.30. The summed E-state index contributed by atoms with van der Waals surface area (Å²) < 4.78 is 42.6. The number of thiazole rings is 1. The van der Waals surface area contributed by atoms with Gasteiger partial charge in [-0.2, -0.15) is 17.5 Å². The molecular formula is C12H11BrF3N3S2. The fraction of sp³-hybridized carbons (Fsp3) is 0.333. The molecule has 2 aromatic rings. The molecule has 0 saturated carbocycles. The van der Waals surface area contributed by atoms with Gasteiger partial charge in [0, 0.05) is 16.8 Å². The Balaban J connectivity index is 2.19. The van der Waals surface area contributed by atoms with E-state index in [-0.39, 0.29) is 5.25 Å². The highest BCUT2D eigenvalue weighted by molar-refractivity contribution is 9.10. The predicted octanol–water partition coefficient (Wildman–Crippen LogP) is 5.14. The molecule has 2 aromatic heterocycles. The lowest BCUT2D eigenvalue weighted by Crippen LogP contribution is -2.09. The first-order valence-electron chi connectivity index (χ1n) is 5.78. The summed E-state index contributed by atoms with van der Waals surface area (Å²) in [5.41, 5.74) is -0.150. The molecule has 2 heterocycles. The molecule has 0 spiro atoms. The highest BCUT2D eigenvalue weighted by atomic mass is 79.9. The van der Waals surface area contributed by atoms with Gasteiger partial charge in [0.05, 0.1) is 0 Å². The summed E-state index contributed by atoms with van der Waals surface area (Å²) in [6.07, 6.45) is -1.21. The van der Waals surface area contributed by atoms with Crippen LogP contribution in [0.1, 0.15) is 23.4 Å². The van der Waals surface area contributed by atoms with Crippen LogP contribution in [0.15, 0.2) is 32.7 Å². The molecule has 2 unspecified atom stereocenters. The third-order valence-electron chi connectivity index (χ3n) is 2.74. The summed E-state index contributed by atoms with van der Waals surface area (Å²) >= 11 is 4.67. The molecule has 0 aromatic carbocycles. The summed E-state index contributed by atoms with van der Waals surface area (Å²) in [7, 11) is -0.400. The average Bonchev–Trinajstić information content (AvgIpc) is 2.82. The molecule has 114 valence electrons. The summed E-state index contributed by atoms with van der Waals surface area (Å²) in [5.74, 6) is 0. The third-order valence-corrected chi connectivity index (χ3v) is 6.06. The Labute approximate surface area is 134 Å². The molecule has 0 aliphatic rings. The monoisotopic (exact) mass is 397 g/mol. The van der Waals surface area contributed by atoms with Gasteiger partial charge in [-0.3, -0.25) is 4.98 Å². The van der Waals surface area contributed by atoms with E-state index in [0.717, 1.165) is 16.2 Å². The normalized spacial score (nSPS) is 15.1. The van der Waals surface area contributed by atoms with Gasteiger partial charge < -0.3 is 0 Å². The van der Waals surface area contributed by atoms with Crippen molar-refractivity contribution in [2.45, 2.75) is 18.3 Å². The highest BCUT2D eigenvalue weighted by Gasteiger charge is 2.32. The Kier molecular flexibility index (Phi) is 5.15. The van der Waals surface area contributed by atoms with E-state index < -0.39 is 22.6 Å². The van der Waals surface area contributed by atoms with Gasteiger partial charge in [0.25, 0.3) is 0 Å². The van der Waals surface area contributed by atoms with Crippen LogP contribution in [0, 0.1) is 0 Å². The molecule has 3 nitrogen and oxygen atoms in total. The van der Waals surface area contributed by atoms with Gasteiger partial charge in [0.2, 0.25) is 5.13 Å². The first-order valence-corrected chi connectivity index (χ1v) is 9.10. The molecule has 0 aliphatic carbocycles. The van der Waals surface area contributed by atoms with Gasteiger partial charge in [-0.05, 0) is 40.7 Å². The SMILES string of the molecule is CC(c1ccc(C(F)(F)F)nc1)S(C)=Nc1nc(Br)cs1. The van der Waals surface area contributed by atoms with Gasteiger partial charge in [0.15, 0.2) is 0 Å². The largest absolute Gasteiger partial charge is 0.433 e. The van der Waals surface area contributed by atoms with Crippen LogP contribution < -0.4 is 0 Å². The predicted molar refractivity (Wildman–Crippen MR) is 82.8 cm³/mol. The van der Waals surface area contributed by atoms with Crippen LogP contribution in [0.3, 0.4) is 0 Å². The van der Waals surface area contributed by atoms with E-state index in [1.807, 2.05) is 18.6 Å². The molecule has 2 atom stereocenters. The van der Waals surface area contributed by atoms with Crippen molar-refractivity contribution >= 4 is 43.1 Å². The van der Waals surface area contributed by atoms with E-state index in [4.69, 9.17) is 0 Å². The lowest BCUT2D eigenvalue weighted by molar-refractivity contribution is -0.141. The van der Waals surface area contributed by atoms with Crippen LogP contribution in [0.25, 0.3) is 0 Å². The van der Waals surface area contributed by atoms with E-state index in [9.17, 15) is 13.2 Å². The number of hydrogen-bond donors (Lipinski definition) is 0. The maximum atomic E-state index is 12.5.